The van der Waals surface area contributed by atoms with Gasteiger partial charge in [0.25, 0.3) is 5.91 Å². The lowest BCUT2D eigenvalue weighted by Gasteiger charge is -2.42. The number of carbonyl (C=O) groups excluding carboxylic acids is 1. The number of halogens is 1. The third-order valence-corrected chi connectivity index (χ3v) is 5.04. The molecule has 0 radical (unpaired) electrons. The van der Waals surface area contributed by atoms with Crippen LogP contribution in [0, 0.1) is 12.7 Å². The maximum Gasteiger partial charge on any atom is 0.317 e. The van der Waals surface area contributed by atoms with Gasteiger partial charge < -0.3 is 10.4 Å². The molecule has 7 nitrogen and oxygen atoms in total. The summed E-state index contributed by atoms with van der Waals surface area (Å²) in [6, 6.07) is 6.43. The largest absolute Gasteiger partial charge is 0.480 e. The second-order valence-electron chi connectivity index (χ2n) is 6.76. The molecule has 2 aromatic rings. The summed E-state index contributed by atoms with van der Waals surface area (Å²) in [5.74, 6) is -1.50. The van der Waals surface area contributed by atoms with Crippen LogP contribution in [0.1, 0.15) is 35.8 Å². The van der Waals surface area contributed by atoms with Crippen molar-refractivity contribution in [2.24, 2.45) is 0 Å². The lowest BCUT2D eigenvalue weighted by atomic mass is 9.85. The molecule has 1 aromatic heterocycles. The Labute approximate surface area is 156 Å². The molecule has 0 bridgehead atoms. The normalized spacial score (nSPS) is 19.0. The first kappa shape index (κ1) is 19.0. The fourth-order valence-electron chi connectivity index (χ4n) is 3.44. The van der Waals surface area contributed by atoms with E-state index in [1.807, 2.05) is 11.8 Å². The molecule has 144 valence electrons. The van der Waals surface area contributed by atoms with Crippen LogP contribution in [-0.2, 0) is 4.79 Å². The minimum atomic E-state index is -0.847. The highest BCUT2D eigenvalue weighted by Gasteiger charge is 2.35. The van der Waals surface area contributed by atoms with Crippen molar-refractivity contribution in [1.82, 2.24) is 20.0 Å². The molecule has 0 unspecified atom stereocenters. The lowest BCUT2D eigenvalue weighted by molar-refractivity contribution is -0.139. The summed E-state index contributed by atoms with van der Waals surface area (Å²) >= 11 is 0. The third-order valence-electron chi connectivity index (χ3n) is 5.04. The quantitative estimate of drug-likeness (QED) is 0.774. The molecule has 0 spiro atoms. The zero-order chi connectivity index (χ0) is 19.6. The number of likely N-dealkylation sites (N-methyl/N-ethyl adjacent to an activating group) is 1. The number of nitrogens with zero attached hydrogens (tertiary/aromatic N) is 3. The fraction of sp³-hybridized carbons (Fsp3) is 0.421. The topological polar surface area (TPSA) is 87.5 Å². The first-order valence-electron chi connectivity index (χ1n) is 8.97. The smallest absolute Gasteiger partial charge is 0.317 e. The molecule has 27 heavy (non-hydrogen) atoms. The molecule has 1 amide bonds. The van der Waals surface area contributed by atoms with Crippen molar-refractivity contribution < 1.29 is 19.1 Å². The Balaban J connectivity index is 1.62. The van der Waals surface area contributed by atoms with Crippen molar-refractivity contribution >= 4 is 11.9 Å². The average molecular weight is 374 g/mol. The number of carbonyl (C=O) groups is 2. The van der Waals surface area contributed by atoms with Gasteiger partial charge in [0, 0.05) is 12.1 Å². The van der Waals surface area contributed by atoms with Crippen LogP contribution in [0.5, 0.6) is 0 Å². The molecule has 0 atom stereocenters. The van der Waals surface area contributed by atoms with Crippen LogP contribution in [0.25, 0.3) is 5.69 Å². The second-order valence-corrected chi connectivity index (χ2v) is 6.76. The zero-order valence-corrected chi connectivity index (χ0v) is 15.4. The highest BCUT2D eigenvalue weighted by Crippen LogP contribution is 2.26. The van der Waals surface area contributed by atoms with Gasteiger partial charge in [-0.3, -0.25) is 14.5 Å². The van der Waals surface area contributed by atoms with E-state index in [4.69, 9.17) is 5.11 Å². The van der Waals surface area contributed by atoms with E-state index in [0.717, 1.165) is 0 Å². The van der Waals surface area contributed by atoms with E-state index < -0.39 is 11.8 Å². The van der Waals surface area contributed by atoms with Gasteiger partial charge in [-0.25, -0.2) is 9.07 Å². The molecule has 8 heteroatoms. The van der Waals surface area contributed by atoms with Gasteiger partial charge in [0.15, 0.2) is 0 Å². The van der Waals surface area contributed by atoms with Crippen molar-refractivity contribution in [3.05, 3.63) is 47.5 Å². The summed E-state index contributed by atoms with van der Waals surface area (Å²) in [7, 11) is 0. The second kappa shape index (κ2) is 7.87. The number of carboxylic acid groups (broad SMARTS) is 1. The summed E-state index contributed by atoms with van der Waals surface area (Å²) in [4.78, 5) is 25.3. The Kier molecular flexibility index (Phi) is 5.55. The van der Waals surface area contributed by atoms with E-state index in [1.54, 1.807) is 25.1 Å². The molecule has 3 rings (SSSR count). The monoisotopic (exact) mass is 374 g/mol. The molecule has 0 saturated heterocycles. The van der Waals surface area contributed by atoms with Gasteiger partial charge in [-0.05, 0) is 38.4 Å². The number of rotatable bonds is 7. The van der Waals surface area contributed by atoms with Crippen LogP contribution in [0.2, 0.25) is 0 Å². The number of para-hydroxylation sites is 1. The first-order valence-corrected chi connectivity index (χ1v) is 8.97. The molecule has 1 aliphatic carbocycles. The summed E-state index contributed by atoms with van der Waals surface area (Å²) in [6.45, 7) is 4.32. The molecule has 2 N–H and O–H groups in total. The van der Waals surface area contributed by atoms with E-state index in [9.17, 15) is 14.0 Å². The Morgan fingerprint density at radius 2 is 2.07 bits per heavy atom. The van der Waals surface area contributed by atoms with E-state index in [0.29, 0.717) is 36.3 Å². The van der Waals surface area contributed by atoms with E-state index in [-0.39, 0.29) is 24.5 Å². The van der Waals surface area contributed by atoms with E-state index in [2.05, 4.69) is 10.4 Å². The number of hydrogen-bond acceptors (Lipinski definition) is 4. The number of aromatic nitrogens is 2. The van der Waals surface area contributed by atoms with Crippen molar-refractivity contribution in [3.63, 3.8) is 0 Å². The van der Waals surface area contributed by atoms with Crippen LogP contribution in [0.15, 0.2) is 30.5 Å². The molecule has 1 aromatic carbocycles. The van der Waals surface area contributed by atoms with Crippen LogP contribution in [0.4, 0.5) is 4.39 Å². The van der Waals surface area contributed by atoms with Crippen molar-refractivity contribution in [2.75, 3.05) is 13.1 Å². The number of aliphatic carboxylic acids is 1. The number of benzene rings is 1. The summed E-state index contributed by atoms with van der Waals surface area (Å²) < 4.78 is 15.4. The van der Waals surface area contributed by atoms with Crippen molar-refractivity contribution in [2.45, 2.75) is 38.8 Å². The Morgan fingerprint density at radius 3 is 2.70 bits per heavy atom. The number of nitrogens with one attached hydrogen (secondary N) is 1. The van der Waals surface area contributed by atoms with Gasteiger partial charge in [0.2, 0.25) is 0 Å². The molecule has 1 heterocycles. The highest BCUT2D eigenvalue weighted by atomic mass is 19.1. The van der Waals surface area contributed by atoms with E-state index >= 15 is 0 Å². The Bertz CT molecular complexity index is 845. The van der Waals surface area contributed by atoms with Crippen LogP contribution >= 0.6 is 0 Å². The summed E-state index contributed by atoms with van der Waals surface area (Å²) in [5, 5.41) is 16.0. The first-order chi connectivity index (χ1) is 12.9. The molecule has 0 aliphatic heterocycles. The Morgan fingerprint density at radius 1 is 1.37 bits per heavy atom. The predicted molar refractivity (Wildman–Crippen MR) is 97.4 cm³/mol. The minimum absolute atomic E-state index is 0.00144. The van der Waals surface area contributed by atoms with Crippen molar-refractivity contribution in [3.8, 4) is 5.69 Å². The van der Waals surface area contributed by atoms with Crippen LogP contribution < -0.4 is 5.32 Å². The van der Waals surface area contributed by atoms with Gasteiger partial charge in [0.05, 0.1) is 24.0 Å². The van der Waals surface area contributed by atoms with E-state index in [1.165, 1.54) is 16.9 Å². The highest BCUT2D eigenvalue weighted by molar-refractivity contribution is 5.95. The summed E-state index contributed by atoms with van der Waals surface area (Å²) in [6.07, 6.45) is 2.87. The Hall–Kier alpha value is -2.74. The number of amides is 1. The van der Waals surface area contributed by atoms with Crippen LogP contribution in [0.3, 0.4) is 0 Å². The zero-order valence-electron chi connectivity index (χ0n) is 15.4. The molecule has 1 saturated carbocycles. The number of hydrogen-bond donors (Lipinski definition) is 2. The van der Waals surface area contributed by atoms with Crippen LogP contribution in [-0.4, -0.2) is 56.8 Å². The van der Waals surface area contributed by atoms with Gasteiger partial charge in [-0.15, -0.1) is 0 Å². The molecule has 1 fully saturated rings. The number of carboxylic acids is 1. The third kappa shape index (κ3) is 4.00. The lowest BCUT2D eigenvalue weighted by Crippen LogP contribution is -2.54. The van der Waals surface area contributed by atoms with Gasteiger partial charge in [-0.1, -0.05) is 19.1 Å². The maximum absolute atomic E-state index is 14.0. The van der Waals surface area contributed by atoms with Gasteiger partial charge >= 0.3 is 5.97 Å². The maximum atomic E-state index is 14.0. The SMILES string of the molecule is CCN(CC(=O)O)C1CC(NC(=O)c2cnn(-c3ccccc3F)c2C)C1. The molecular weight excluding hydrogens is 351 g/mol. The molecule has 1 aliphatic rings. The van der Waals surface area contributed by atoms with Crippen molar-refractivity contribution in [1.29, 1.82) is 0 Å². The predicted octanol–water partition coefficient (Wildman–Crippen LogP) is 1.99. The molecular formula is C19H23FN4O3. The average Bonchev–Trinajstić information content (AvgIpc) is 2.97. The minimum Gasteiger partial charge on any atom is -0.480 e. The standard InChI is InChI=1S/C19H23FN4O3/c1-3-23(11-18(25)26)14-8-13(9-14)22-19(27)15-10-21-24(12(15)2)17-7-5-4-6-16(17)20/h4-7,10,13-14H,3,8-9,11H2,1-2H3,(H,22,27)(H,25,26). The summed E-state index contributed by atoms with van der Waals surface area (Å²) in [5.41, 5.74) is 1.26. The fourth-order valence-corrected chi connectivity index (χ4v) is 3.44. The van der Waals surface area contributed by atoms with Gasteiger partial charge in [-0.2, -0.15) is 5.10 Å². The van der Waals surface area contributed by atoms with Gasteiger partial charge in [0.1, 0.15) is 11.5 Å².